The first kappa shape index (κ1) is 15.3. The van der Waals surface area contributed by atoms with Crippen molar-refractivity contribution in [2.24, 2.45) is 0 Å². The topological polar surface area (TPSA) is 52.6 Å². The van der Waals surface area contributed by atoms with Crippen LogP contribution in [0, 0.1) is 12.7 Å². The smallest absolute Gasteiger partial charge is 0.319 e. The number of rotatable bonds is 3. The standard InChI is InChI=1S/C15H20FN3O2/c1-4-18-9-19(8-14(18)20)15(21)17-11(3)12-6-5-10(2)13(16)7-12/h5-7,11H,4,8-9H2,1-3H3,(H,17,21). The lowest BCUT2D eigenvalue weighted by Crippen LogP contribution is -2.40. The van der Waals surface area contributed by atoms with Crippen molar-refractivity contribution in [2.45, 2.75) is 26.8 Å². The summed E-state index contributed by atoms with van der Waals surface area (Å²) in [6.45, 7) is 6.33. The molecule has 1 aliphatic heterocycles. The maximum absolute atomic E-state index is 13.6. The zero-order valence-electron chi connectivity index (χ0n) is 12.5. The molecule has 0 spiro atoms. The number of amides is 3. The van der Waals surface area contributed by atoms with Gasteiger partial charge in [-0.2, -0.15) is 0 Å². The summed E-state index contributed by atoms with van der Waals surface area (Å²) >= 11 is 0. The van der Waals surface area contributed by atoms with Gasteiger partial charge in [0.2, 0.25) is 5.91 Å². The second kappa shape index (κ2) is 6.11. The molecular weight excluding hydrogens is 273 g/mol. The number of carbonyl (C=O) groups is 2. The fourth-order valence-corrected chi connectivity index (χ4v) is 2.25. The third kappa shape index (κ3) is 3.32. The molecule has 0 bridgehead atoms. The van der Waals surface area contributed by atoms with Crippen LogP contribution in [0.5, 0.6) is 0 Å². The van der Waals surface area contributed by atoms with Crippen LogP contribution in [-0.2, 0) is 4.79 Å². The van der Waals surface area contributed by atoms with Gasteiger partial charge in [-0.05, 0) is 38.0 Å². The van der Waals surface area contributed by atoms with E-state index in [9.17, 15) is 14.0 Å². The van der Waals surface area contributed by atoms with E-state index in [0.29, 0.717) is 24.3 Å². The minimum atomic E-state index is -0.321. The maximum atomic E-state index is 13.6. The van der Waals surface area contributed by atoms with E-state index in [2.05, 4.69) is 5.32 Å². The molecule has 1 heterocycles. The molecule has 1 unspecified atom stereocenters. The van der Waals surface area contributed by atoms with Crippen LogP contribution in [0.15, 0.2) is 18.2 Å². The van der Waals surface area contributed by atoms with Crippen LogP contribution in [0.25, 0.3) is 0 Å². The summed E-state index contributed by atoms with van der Waals surface area (Å²) in [4.78, 5) is 26.8. The summed E-state index contributed by atoms with van der Waals surface area (Å²) in [5, 5.41) is 2.79. The Morgan fingerprint density at radius 2 is 2.19 bits per heavy atom. The third-order valence-corrected chi connectivity index (χ3v) is 3.73. The highest BCUT2D eigenvalue weighted by Crippen LogP contribution is 2.17. The van der Waals surface area contributed by atoms with Crippen molar-refractivity contribution >= 4 is 11.9 Å². The molecule has 2 rings (SSSR count). The number of hydrogen-bond acceptors (Lipinski definition) is 2. The van der Waals surface area contributed by atoms with Gasteiger partial charge in [0.1, 0.15) is 12.4 Å². The summed E-state index contributed by atoms with van der Waals surface area (Å²) in [6.07, 6.45) is 0. The van der Waals surface area contributed by atoms with E-state index in [4.69, 9.17) is 0 Å². The second-order valence-corrected chi connectivity index (χ2v) is 5.27. The predicted octanol–water partition coefficient (Wildman–Crippen LogP) is 2.03. The van der Waals surface area contributed by atoms with E-state index in [0.717, 1.165) is 0 Å². The molecule has 21 heavy (non-hydrogen) atoms. The molecule has 1 aromatic carbocycles. The highest BCUT2D eigenvalue weighted by atomic mass is 19.1. The zero-order chi connectivity index (χ0) is 15.6. The molecule has 0 aliphatic carbocycles. The lowest BCUT2D eigenvalue weighted by atomic mass is 10.1. The molecule has 1 atom stereocenters. The van der Waals surface area contributed by atoms with E-state index in [1.165, 1.54) is 11.0 Å². The molecule has 1 saturated heterocycles. The van der Waals surface area contributed by atoms with Crippen LogP contribution in [0.2, 0.25) is 0 Å². The first-order chi connectivity index (χ1) is 9.92. The summed E-state index contributed by atoms with van der Waals surface area (Å²) < 4.78 is 13.6. The fourth-order valence-electron chi connectivity index (χ4n) is 2.25. The summed E-state index contributed by atoms with van der Waals surface area (Å²) in [7, 11) is 0. The Kier molecular flexibility index (Phi) is 4.45. The molecule has 114 valence electrons. The minimum absolute atomic E-state index is 0.0540. The Labute approximate surface area is 123 Å². The number of likely N-dealkylation sites (N-methyl/N-ethyl adjacent to an activating group) is 1. The number of nitrogens with zero attached hydrogens (tertiary/aromatic N) is 2. The van der Waals surface area contributed by atoms with E-state index in [-0.39, 0.29) is 30.3 Å². The van der Waals surface area contributed by atoms with E-state index >= 15 is 0 Å². The number of carbonyl (C=O) groups excluding carboxylic acids is 2. The van der Waals surface area contributed by atoms with Gasteiger partial charge in [0, 0.05) is 6.54 Å². The Morgan fingerprint density at radius 3 is 2.76 bits per heavy atom. The van der Waals surface area contributed by atoms with Crippen LogP contribution >= 0.6 is 0 Å². The number of nitrogens with one attached hydrogen (secondary N) is 1. The molecule has 1 aliphatic rings. The van der Waals surface area contributed by atoms with E-state index < -0.39 is 0 Å². The lowest BCUT2D eigenvalue weighted by Gasteiger charge is -2.21. The average molecular weight is 293 g/mol. The SMILES string of the molecule is CCN1CN(C(=O)NC(C)c2ccc(C)c(F)c2)CC1=O. The summed E-state index contributed by atoms with van der Waals surface area (Å²) in [5.74, 6) is -0.344. The lowest BCUT2D eigenvalue weighted by molar-refractivity contribution is -0.126. The van der Waals surface area contributed by atoms with Crippen molar-refractivity contribution in [3.8, 4) is 0 Å². The van der Waals surface area contributed by atoms with Crippen LogP contribution in [0.4, 0.5) is 9.18 Å². The van der Waals surface area contributed by atoms with Gasteiger partial charge in [0.15, 0.2) is 0 Å². The molecule has 1 fully saturated rings. The fraction of sp³-hybridized carbons (Fsp3) is 0.467. The van der Waals surface area contributed by atoms with E-state index in [1.807, 2.05) is 6.92 Å². The highest BCUT2D eigenvalue weighted by Gasteiger charge is 2.30. The quantitative estimate of drug-likeness (QED) is 0.927. The van der Waals surface area contributed by atoms with Gasteiger partial charge in [-0.25, -0.2) is 9.18 Å². The van der Waals surface area contributed by atoms with Crippen LogP contribution in [-0.4, -0.2) is 41.5 Å². The largest absolute Gasteiger partial charge is 0.331 e. The van der Waals surface area contributed by atoms with Crippen LogP contribution in [0.3, 0.4) is 0 Å². The second-order valence-electron chi connectivity index (χ2n) is 5.27. The number of urea groups is 1. The first-order valence-corrected chi connectivity index (χ1v) is 7.01. The summed E-state index contributed by atoms with van der Waals surface area (Å²) in [6, 6.07) is 4.27. The Hall–Kier alpha value is -2.11. The number of halogens is 1. The van der Waals surface area contributed by atoms with Gasteiger partial charge in [-0.15, -0.1) is 0 Å². The zero-order valence-corrected chi connectivity index (χ0v) is 12.5. The number of aryl methyl sites for hydroxylation is 1. The molecular formula is C15H20FN3O2. The third-order valence-electron chi connectivity index (χ3n) is 3.73. The molecule has 0 aromatic heterocycles. The monoisotopic (exact) mass is 293 g/mol. The van der Waals surface area contributed by atoms with Gasteiger partial charge in [0.25, 0.3) is 0 Å². The van der Waals surface area contributed by atoms with Gasteiger partial charge in [-0.1, -0.05) is 12.1 Å². The van der Waals surface area contributed by atoms with Crippen LogP contribution in [0.1, 0.15) is 31.0 Å². The normalized spacial score (nSPS) is 16.3. The van der Waals surface area contributed by atoms with Crippen molar-refractivity contribution in [2.75, 3.05) is 19.8 Å². The Morgan fingerprint density at radius 1 is 1.48 bits per heavy atom. The predicted molar refractivity (Wildman–Crippen MR) is 77.0 cm³/mol. The molecule has 0 saturated carbocycles. The van der Waals surface area contributed by atoms with Crippen LogP contribution < -0.4 is 5.32 Å². The highest BCUT2D eigenvalue weighted by molar-refractivity contribution is 5.87. The first-order valence-electron chi connectivity index (χ1n) is 7.01. The molecule has 1 aromatic rings. The van der Waals surface area contributed by atoms with Gasteiger partial charge in [0.05, 0.1) is 12.7 Å². The van der Waals surface area contributed by atoms with Crippen molar-refractivity contribution in [1.29, 1.82) is 0 Å². The molecule has 1 N–H and O–H groups in total. The average Bonchev–Trinajstić information content (AvgIpc) is 2.83. The summed E-state index contributed by atoms with van der Waals surface area (Å²) in [5.41, 5.74) is 1.27. The van der Waals surface area contributed by atoms with Crippen molar-refractivity contribution in [3.05, 3.63) is 35.1 Å². The van der Waals surface area contributed by atoms with Crippen molar-refractivity contribution in [3.63, 3.8) is 0 Å². The van der Waals surface area contributed by atoms with Gasteiger partial charge < -0.3 is 10.2 Å². The maximum Gasteiger partial charge on any atom is 0.319 e. The Balaban J connectivity index is 1.99. The van der Waals surface area contributed by atoms with Crippen molar-refractivity contribution in [1.82, 2.24) is 15.1 Å². The Bertz CT molecular complexity index is 562. The molecule has 5 nitrogen and oxygen atoms in total. The van der Waals surface area contributed by atoms with Gasteiger partial charge in [-0.3, -0.25) is 9.69 Å². The van der Waals surface area contributed by atoms with E-state index in [1.54, 1.807) is 30.9 Å². The minimum Gasteiger partial charge on any atom is -0.331 e. The molecule has 0 radical (unpaired) electrons. The number of benzene rings is 1. The van der Waals surface area contributed by atoms with Gasteiger partial charge >= 0.3 is 6.03 Å². The molecule has 3 amide bonds. The molecule has 6 heteroatoms. The van der Waals surface area contributed by atoms with Crippen molar-refractivity contribution < 1.29 is 14.0 Å². The number of hydrogen-bond donors (Lipinski definition) is 1.